The number of aromatic nitrogens is 4. The summed E-state index contributed by atoms with van der Waals surface area (Å²) in [5, 5.41) is 7.13. The molecule has 0 aliphatic carbocycles. The highest BCUT2D eigenvalue weighted by Crippen LogP contribution is 2.31. The molecule has 7 heteroatoms. The number of H-pyrrole nitrogens is 1. The number of rotatable bonds is 3. The summed E-state index contributed by atoms with van der Waals surface area (Å²) in [6.07, 6.45) is 1.74. The Kier molecular flexibility index (Phi) is 3.69. The zero-order valence-corrected chi connectivity index (χ0v) is 13.0. The van der Waals surface area contributed by atoms with Gasteiger partial charge < -0.3 is 0 Å². The molecule has 1 atom stereocenters. The Morgan fingerprint density at radius 3 is 2.85 bits per heavy atom. The number of pyridine rings is 1. The summed E-state index contributed by atoms with van der Waals surface area (Å²) < 4.78 is 3.30. The number of halogens is 1. The molecule has 0 radical (unpaired) electrons. The Morgan fingerprint density at radius 1 is 1.35 bits per heavy atom. The summed E-state index contributed by atoms with van der Waals surface area (Å²) in [4.78, 5) is 5.46. The predicted octanol–water partition coefficient (Wildman–Crippen LogP) is 4.33. The smallest absolute Gasteiger partial charge is 0.196 e. The highest BCUT2D eigenvalue weighted by Gasteiger charge is 2.18. The van der Waals surface area contributed by atoms with Gasteiger partial charge in [-0.2, -0.15) is 5.10 Å². The van der Waals surface area contributed by atoms with Gasteiger partial charge in [0.2, 0.25) is 0 Å². The van der Waals surface area contributed by atoms with Gasteiger partial charge in [0.1, 0.15) is 5.69 Å². The number of aromatic amines is 1. The van der Waals surface area contributed by atoms with Crippen LogP contribution in [0.4, 0.5) is 0 Å². The fraction of sp³-hybridized carbons (Fsp3) is 0.154. The van der Waals surface area contributed by atoms with E-state index < -0.39 is 0 Å². The van der Waals surface area contributed by atoms with Gasteiger partial charge in [-0.3, -0.25) is 14.6 Å². The van der Waals surface area contributed by atoms with Gasteiger partial charge in [-0.15, -0.1) is 11.3 Å². The molecule has 3 rings (SSSR count). The van der Waals surface area contributed by atoms with E-state index in [2.05, 4.69) is 22.1 Å². The number of hydrogen-bond donors (Lipinski definition) is 1. The lowest BCUT2D eigenvalue weighted by molar-refractivity contribution is 0.645. The first-order valence-corrected chi connectivity index (χ1v) is 7.60. The molecule has 102 valence electrons. The summed E-state index contributed by atoms with van der Waals surface area (Å²) in [5.41, 5.74) is 0.786. The lowest BCUT2D eigenvalue weighted by Crippen LogP contribution is -2.07. The highest BCUT2D eigenvalue weighted by molar-refractivity contribution is 7.71. The van der Waals surface area contributed by atoms with Crippen LogP contribution in [0.2, 0.25) is 4.34 Å². The third-order valence-corrected chi connectivity index (χ3v) is 4.68. The first-order valence-electron chi connectivity index (χ1n) is 6.00. The minimum absolute atomic E-state index is 0.0516. The molecule has 1 N–H and O–H groups in total. The van der Waals surface area contributed by atoms with Crippen molar-refractivity contribution in [1.29, 1.82) is 0 Å². The van der Waals surface area contributed by atoms with Crippen molar-refractivity contribution in [2.24, 2.45) is 0 Å². The van der Waals surface area contributed by atoms with Crippen molar-refractivity contribution >= 4 is 35.2 Å². The lowest BCUT2D eigenvalue weighted by Gasteiger charge is -2.13. The molecule has 0 fully saturated rings. The van der Waals surface area contributed by atoms with Crippen LogP contribution in [0.1, 0.15) is 17.8 Å². The maximum absolute atomic E-state index is 6.01. The van der Waals surface area contributed by atoms with Crippen molar-refractivity contribution in [2.45, 2.75) is 13.0 Å². The maximum atomic E-state index is 6.01. The Balaban J connectivity index is 2.10. The minimum Gasteiger partial charge on any atom is -0.291 e. The molecule has 3 aromatic heterocycles. The number of hydrogen-bond acceptors (Lipinski definition) is 4. The van der Waals surface area contributed by atoms with Gasteiger partial charge in [0.05, 0.1) is 10.4 Å². The predicted molar refractivity (Wildman–Crippen MR) is 83.8 cm³/mol. The van der Waals surface area contributed by atoms with Crippen LogP contribution in [-0.2, 0) is 0 Å². The van der Waals surface area contributed by atoms with E-state index >= 15 is 0 Å². The molecule has 0 aliphatic rings. The molecular formula is C13H11ClN4S2. The fourth-order valence-electron chi connectivity index (χ4n) is 2.02. The highest BCUT2D eigenvalue weighted by atomic mass is 35.5. The van der Waals surface area contributed by atoms with Crippen LogP contribution in [0.5, 0.6) is 0 Å². The Morgan fingerprint density at radius 2 is 2.20 bits per heavy atom. The minimum atomic E-state index is 0.0516. The molecule has 4 nitrogen and oxygen atoms in total. The van der Waals surface area contributed by atoms with E-state index in [1.165, 1.54) is 0 Å². The number of nitrogens with one attached hydrogen (secondary N) is 1. The quantitative estimate of drug-likeness (QED) is 0.730. The van der Waals surface area contributed by atoms with Gasteiger partial charge in [0.15, 0.2) is 10.6 Å². The Labute approximate surface area is 130 Å². The number of thiophene rings is 1. The normalized spacial score (nSPS) is 12.5. The van der Waals surface area contributed by atoms with Crippen molar-refractivity contribution in [1.82, 2.24) is 19.7 Å². The molecule has 0 saturated heterocycles. The molecule has 20 heavy (non-hydrogen) atoms. The average Bonchev–Trinajstić information content (AvgIpc) is 3.05. The third kappa shape index (κ3) is 2.42. The van der Waals surface area contributed by atoms with Crippen molar-refractivity contribution in [3.05, 3.63) is 50.5 Å². The Bertz CT molecular complexity index is 775. The summed E-state index contributed by atoms with van der Waals surface area (Å²) in [7, 11) is 0. The van der Waals surface area contributed by atoms with E-state index in [4.69, 9.17) is 23.8 Å². The number of nitrogens with zero attached hydrogens (tertiary/aromatic N) is 3. The molecule has 0 bridgehead atoms. The first-order chi connectivity index (χ1) is 9.66. The van der Waals surface area contributed by atoms with E-state index in [0.717, 1.165) is 20.7 Å². The summed E-state index contributed by atoms with van der Waals surface area (Å²) in [5.74, 6) is 0.729. The molecule has 0 aliphatic heterocycles. The first kappa shape index (κ1) is 13.5. The molecule has 3 aromatic rings. The largest absolute Gasteiger partial charge is 0.291 e. The van der Waals surface area contributed by atoms with Crippen molar-refractivity contribution in [3.63, 3.8) is 0 Å². The van der Waals surface area contributed by atoms with E-state index in [-0.39, 0.29) is 6.04 Å². The standard InChI is InChI=1S/C13H11ClN4S2/c1-8(10-5-6-11(14)20-10)18-12(16-17-13(18)19)9-4-2-3-7-15-9/h2-8H,1H3,(H,17,19). The van der Waals surface area contributed by atoms with Crippen LogP contribution in [0.15, 0.2) is 36.5 Å². The monoisotopic (exact) mass is 322 g/mol. The summed E-state index contributed by atoms with van der Waals surface area (Å²) >= 11 is 12.9. The van der Waals surface area contributed by atoms with E-state index in [1.807, 2.05) is 34.9 Å². The van der Waals surface area contributed by atoms with Crippen molar-refractivity contribution in [2.75, 3.05) is 0 Å². The van der Waals surface area contributed by atoms with Crippen molar-refractivity contribution < 1.29 is 0 Å². The van der Waals surface area contributed by atoms with E-state index in [0.29, 0.717) is 4.77 Å². The molecule has 1 unspecified atom stereocenters. The molecule has 3 heterocycles. The molecule has 0 aromatic carbocycles. The second-order valence-electron chi connectivity index (χ2n) is 4.26. The zero-order valence-electron chi connectivity index (χ0n) is 10.6. The topological polar surface area (TPSA) is 46.5 Å². The van der Waals surface area contributed by atoms with Gasteiger partial charge >= 0.3 is 0 Å². The van der Waals surface area contributed by atoms with Crippen LogP contribution in [0.25, 0.3) is 11.5 Å². The van der Waals surface area contributed by atoms with E-state index in [9.17, 15) is 0 Å². The van der Waals surface area contributed by atoms with Gasteiger partial charge in [-0.05, 0) is 43.4 Å². The van der Waals surface area contributed by atoms with Crippen LogP contribution < -0.4 is 0 Å². The zero-order chi connectivity index (χ0) is 14.1. The lowest BCUT2D eigenvalue weighted by atomic mass is 10.2. The van der Waals surface area contributed by atoms with Gasteiger partial charge in [0.25, 0.3) is 0 Å². The van der Waals surface area contributed by atoms with Gasteiger partial charge in [-0.1, -0.05) is 17.7 Å². The molecule has 0 saturated carbocycles. The van der Waals surface area contributed by atoms with Crippen LogP contribution in [-0.4, -0.2) is 19.7 Å². The fourth-order valence-corrected chi connectivity index (χ4v) is 3.41. The molecular weight excluding hydrogens is 312 g/mol. The van der Waals surface area contributed by atoms with Gasteiger partial charge in [0, 0.05) is 11.1 Å². The van der Waals surface area contributed by atoms with Crippen molar-refractivity contribution in [3.8, 4) is 11.5 Å². The van der Waals surface area contributed by atoms with Gasteiger partial charge in [-0.25, -0.2) is 0 Å². The molecule has 0 spiro atoms. The van der Waals surface area contributed by atoms with Crippen LogP contribution in [0.3, 0.4) is 0 Å². The SMILES string of the molecule is CC(c1ccc(Cl)s1)n1c(-c2ccccn2)n[nH]c1=S. The van der Waals surface area contributed by atoms with Crippen LogP contribution in [0, 0.1) is 4.77 Å². The summed E-state index contributed by atoms with van der Waals surface area (Å²) in [6, 6.07) is 9.66. The maximum Gasteiger partial charge on any atom is 0.196 e. The summed E-state index contributed by atoms with van der Waals surface area (Å²) in [6.45, 7) is 2.07. The third-order valence-electron chi connectivity index (χ3n) is 2.99. The Hall–Kier alpha value is -1.50. The second kappa shape index (κ2) is 5.47. The second-order valence-corrected chi connectivity index (χ2v) is 6.39. The van der Waals surface area contributed by atoms with Crippen LogP contribution >= 0.6 is 35.2 Å². The average molecular weight is 323 g/mol. The van der Waals surface area contributed by atoms with E-state index in [1.54, 1.807) is 17.5 Å². The molecule has 0 amide bonds.